The van der Waals surface area contributed by atoms with Crippen molar-refractivity contribution in [2.75, 3.05) is 5.48 Å². The third-order valence-corrected chi connectivity index (χ3v) is 2.07. The van der Waals surface area contributed by atoms with Gasteiger partial charge >= 0.3 is 0 Å². The summed E-state index contributed by atoms with van der Waals surface area (Å²) < 4.78 is 0. The standard InChI is InChI=1S/C7H4ClN3O3/c8-5-1-2-6(11(12)13)4-3-9-14-10-7(4)5/h1-3,10H. The monoisotopic (exact) mass is 213 g/mol. The molecule has 0 aromatic heterocycles. The highest BCUT2D eigenvalue weighted by Crippen LogP contribution is 2.33. The number of fused-ring (bicyclic) bond motifs is 1. The lowest BCUT2D eigenvalue weighted by molar-refractivity contribution is -0.385. The van der Waals surface area contributed by atoms with Crippen LogP contribution in [0, 0.1) is 10.1 Å². The van der Waals surface area contributed by atoms with Crippen LogP contribution < -0.4 is 5.48 Å². The second kappa shape index (κ2) is 3.15. The van der Waals surface area contributed by atoms with E-state index in [1.54, 1.807) is 0 Å². The van der Waals surface area contributed by atoms with Gasteiger partial charge in [-0.25, -0.2) is 0 Å². The molecule has 0 atom stereocenters. The zero-order valence-electron chi connectivity index (χ0n) is 6.73. The number of halogens is 1. The van der Waals surface area contributed by atoms with E-state index in [9.17, 15) is 10.1 Å². The summed E-state index contributed by atoms with van der Waals surface area (Å²) in [5, 5.41) is 14.4. The van der Waals surface area contributed by atoms with E-state index in [0.29, 0.717) is 16.3 Å². The smallest absolute Gasteiger partial charge is 0.270 e. The molecule has 0 radical (unpaired) electrons. The summed E-state index contributed by atoms with van der Waals surface area (Å²) in [4.78, 5) is 14.6. The Labute approximate surface area is 83.2 Å². The number of hydrogen-bond acceptors (Lipinski definition) is 5. The number of rotatable bonds is 1. The van der Waals surface area contributed by atoms with E-state index in [4.69, 9.17) is 11.6 Å². The Morgan fingerprint density at radius 2 is 2.36 bits per heavy atom. The lowest BCUT2D eigenvalue weighted by Gasteiger charge is -2.12. The van der Waals surface area contributed by atoms with Crippen LogP contribution in [0.2, 0.25) is 5.02 Å². The van der Waals surface area contributed by atoms with Gasteiger partial charge in [-0.2, -0.15) is 5.48 Å². The fourth-order valence-electron chi connectivity index (χ4n) is 1.13. The predicted octanol–water partition coefficient (Wildman–Crippen LogP) is 1.94. The summed E-state index contributed by atoms with van der Waals surface area (Å²) in [7, 11) is 0. The number of nitrogens with zero attached hydrogens (tertiary/aromatic N) is 2. The van der Waals surface area contributed by atoms with Crippen molar-refractivity contribution in [3.63, 3.8) is 0 Å². The van der Waals surface area contributed by atoms with Crippen molar-refractivity contribution in [1.29, 1.82) is 0 Å². The fraction of sp³-hybridized carbons (Fsp3) is 0. The van der Waals surface area contributed by atoms with Crippen molar-refractivity contribution in [3.05, 3.63) is 32.8 Å². The summed E-state index contributed by atoms with van der Waals surface area (Å²) in [6, 6.07) is 2.74. The molecule has 1 aliphatic rings. The third kappa shape index (κ3) is 1.25. The van der Waals surface area contributed by atoms with Gasteiger partial charge in [-0.1, -0.05) is 16.8 Å². The molecule has 72 valence electrons. The number of benzene rings is 1. The zero-order chi connectivity index (χ0) is 10.1. The first-order chi connectivity index (χ1) is 6.70. The Hall–Kier alpha value is -1.82. The van der Waals surface area contributed by atoms with Gasteiger partial charge < -0.3 is 0 Å². The molecule has 0 spiro atoms. The van der Waals surface area contributed by atoms with Crippen molar-refractivity contribution >= 4 is 29.2 Å². The number of anilines is 1. The summed E-state index contributed by atoms with van der Waals surface area (Å²) in [5.41, 5.74) is 3.00. The molecule has 2 rings (SSSR count). The maximum absolute atomic E-state index is 10.6. The second-order valence-corrected chi connectivity index (χ2v) is 2.95. The van der Waals surface area contributed by atoms with Gasteiger partial charge in [0.2, 0.25) is 0 Å². The predicted molar refractivity (Wildman–Crippen MR) is 50.4 cm³/mol. The van der Waals surface area contributed by atoms with Crippen molar-refractivity contribution < 1.29 is 9.86 Å². The largest absolute Gasteiger partial charge is 0.280 e. The lowest BCUT2D eigenvalue weighted by atomic mass is 10.1. The zero-order valence-corrected chi connectivity index (χ0v) is 7.49. The summed E-state index contributed by atoms with van der Waals surface area (Å²) in [5.74, 6) is 0. The quantitative estimate of drug-likeness (QED) is 0.571. The molecule has 0 saturated heterocycles. The molecule has 0 aliphatic carbocycles. The Balaban J connectivity index is 2.67. The summed E-state index contributed by atoms with van der Waals surface area (Å²) in [6.45, 7) is 0. The highest BCUT2D eigenvalue weighted by Gasteiger charge is 2.21. The van der Waals surface area contributed by atoms with Crippen LogP contribution in [0.15, 0.2) is 17.3 Å². The molecule has 14 heavy (non-hydrogen) atoms. The second-order valence-electron chi connectivity index (χ2n) is 2.54. The minimum absolute atomic E-state index is 0.0658. The van der Waals surface area contributed by atoms with E-state index in [0.717, 1.165) is 0 Å². The average Bonchev–Trinajstić information content (AvgIpc) is 2.18. The Bertz CT molecular complexity index is 432. The molecule has 0 amide bonds. The highest BCUT2D eigenvalue weighted by molar-refractivity contribution is 6.34. The first kappa shape index (κ1) is 8.76. The normalized spacial score (nSPS) is 12.6. The van der Waals surface area contributed by atoms with Gasteiger partial charge in [0.15, 0.2) is 0 Å². The molecule has 1 aromatic rings. The molecular weight excluding hydrogens is 210 g/mol. The van der Waals surface area contributed by atoms with Gasteiger partial charge in [0, 0.05) is 6.07 Å². The highest BCUT2D eigenvalue weighted by atomic mass is 35.5. The number of oxime groups is 1. The SMILES string of the molecule is O=[N+]([O-])c1ccc(Cl)c2c1C=NON2. The van der Waals surface area contributed by atoms with Crippen molar-refractivity contribution in [1.82, 2.24) is 0 Å². The topological polar surface area (TPSA) is 76.8 Å². The van der Waals surface area contributed by atoms with Gasteiger partial charge in [0.1, 0.15) is 11.3 Å². The van der Waals surface area contributed by atoms with Gasteiger partial charge in [-0.15, -0.1) is 0 Å². The maximum atomic E-state index is 10.6. The first-order valence-electron chi connectivity index (χ1n) is 3.62. The van der Waals surface area contributed by atoms with Crippen molar-refractivity contribution in [2.45, 2.75) is 0 Å². The molecule has 1 heterocycles. The summed E-state index contributed by atoms with van der Waals surface area (Å²) in [6.07, 6.45) is 1.25. The molecule has 0 bridgehead atoms. The van der Waals surface area contributed by atoms with Crippen LogP contribution in [-0.4, -0.2) is 11.1 Å². The number of nitro groups is 1. The number of nitro benzene ring substituents is 1. The summed E-state index contributed by atoms with van der Waals surface area (Å²) >= 11 is 5.79. The third-order valence-electron chi connectivity index (χ3n) is 1.75. The molecule has 0 fully saturated rings. The molecule has 1 aliphatic heterocycles. The number of nitrogens with one attached hydrogen (secondary N) is 1. The van der Waals surface area contributed by atoms with Crippen LogP contribution in [0.1, 0.15) is 5.56 Å². The van der Waals surface area contributed by atoms with E-state index in [2.05, 4.69) is 15.6 Å². The van der Waals surface area contributed by atoms with Crippen LogP contribution in [0.4, 0.5) is 11.4 Å². The van der Waals surface area contributed by atoms with E-state index in [-0.39, 0.29) is 5.69 Å². The van der Waals surface area contributed by atoms with E-state index >= 15 is 0 Å². The van der Waals surface area contributed by atoms with Crippen LogP contribution in [0.5, 0.6) is 0 Å². The van der Waals surface area contributed by atoms with E-state index in [1.807, 2.05) is 0 Å². The van der Waals surface area contributed by atoms with Crippen LogP contribution >= 0.6 is 11.6 Å². The maximum Gasteiger partial charge on any atom is 0.280 e. The van der Waals surface area contributed by atoms with Crippen LogP contribution in [0.25, 0.3) is 0 Å². The minimum Gasteiger partial charge on any atom is -0.270 e. The van der Waals surface area contributed by atoms with Gasteiger partial charge in [-0.05, 0) is 6.07 Å². The Morgan fingerprint density at radius 3 is 3.07 bits per heavy atom. The van der Waals surface area contributed by atoms with Gasteiger partial charge in [0.25, 0.3) is 5.69 Å². The van der Waals surface area contributed by atoms with Crippen LogP contribution in [0.3, 0.4) is 0 Å². The fourth-order valence-corrected chi connectivity index (χ4v) is 1.33. The van der Waals surface area contributed by atoms with Gasteiger partial charge in [0.05, 0.1) is 16.2 Å². The van der Waals surface area contributed by atoms with E-state index < -0.39 is 4.92 Å². The molecule has 0 unspecified atom stereocenters. The molecule has 0 saturated carbocycles. The van der Waals surface area contributed by atoms with Gasteiger partial charge in [-0.3, -0.25) is 15.1 Å². The van der Waals surface area contributed by atoms with E-state index in [1.165, 1.54) is 18.3 Å². The molecule has 1 N–H and O–H groups in total. The first-order valence-corrected chi connectivity index (χ1v) is 4.00. The Morgan fingerprint density at radius 1 is 1.57 bits per heavy atom. The van der Waals surface area contributed by atoms with Crippen LogP contribution in [-0.2, 0) is 4.94 Å². The van der Waals surface area contributed by atoms with Crippen molar-refractivity contribution in [3.8, 4) is 0 Å². The Kier molecular flexibility index (Phi) is 1.97. The molecular formula is C7H4ClN3O3. The molecule has 1 aromatic carbocycles. The lowest BCUT2D eigenvalue weighted by Crippen LogP contribution is -2.08. The molecule has 7 heteroatoms. The minimum atomic E-state index is -0.506. The average molecular weight is 214 g/mol. The van der Waals surface area contributed by atoms with Crippen molar-refractivity contribution in [2.24, 2.45) is 5.16 Å². The number of hydrogen-bond donors (Lipinski definition) is 1. The molecule has 6 nitrogen and oxygen atoms in total.